The molecule has 1 amide bonds. The molecule has 0 fully saturated rings. The van der Waals surface area contributed by atoms with Crippen LogP contribution in [0.15, 0.2) is 53.1 Å². The van der Waals surface area contributed by atoms with Crippen molar-refractivity contribution in [3.63, 3.8) is 0 Å². The Hall–Kier alpha value is -3.60. The zero-order valence-corrected chi connectivity index (χ0v) is 15.5. The molecule has 1 atom stereocenters. The fourth-order valence-corrected chi connectivity index (χ4v) is 3.11. The lowest BCUT2D eigenvalue weighted by molar-refractivity contribution is -0.286. The molecule has 1 aromatic carbocycles. The van der Waals surface area contributed by atoms with Gasteiger partial charge in [-0.2, -0.15) is 0 Å². The van der Waals surface area contributed by atoms with E-state index in [1.54, 1.807) is 6.08 Å². The van der Waals surface area contributed by atoms with E-state index in [0.29, 0.717) is 19.4 Å². The molecule has 3 N–H and O–H groups in total. The zero-order valence-electron chi connectivity index (χ0n) is 15.5. The first kappa shape index (κ1) is 19.7. The number of benzene rings is 1. The van der Waals surface area contributed by atoms with Crippen molar-refractivity contribution in [1.29, 1.82) is 0 Å². The van der Waals surface area contributed by atoms with Crippen LogP contribution in [0, 0.1) is 0 Å². The minimum Gasteiger partial charge on any atom is -0.395 e. The molecule has 0 spiro atoms. The Morgan fingerprint density at radius 2 is 2.13 bits per heavy atom. The third-order valence-electron chi connectivity index (χ3n) is 4.41. The van der Waals surface area contributed by atoms with Gasteiger partial charge in [0, 0.05) is 6.04 Å². The first-order valence-corrected chi connectivity index (χ1v) is 8.99. The van der Waals surface area contributed by atoms with Gasteiger partial charge in [0.15, 0.2) is 17.3 Å². The molecule has 0 saturated carbocycles. The molecule has 158 valence electrons. The molecule has 9 nitrogen and oxygen atoms in total. The lowest BCUT2D eigenvalue weighted by Gasteiger charge is -2.19. The highest BCUT2D eigenvalue weighted by atomic mass is 19.3. The number of aromatic nitrogens is 1. The van der Waals surface area contributed by atoms with Crippen LogP contribution in [0.1, 0.15) is 23.2 Å². The molecule has 30 heavy (non-hydrogen) atoms. The van der Waals surface area contributed by atoms with Gasteiger partial charge in [-0.05, 0) is 43.2 Å². The summed E-state index contributed by atoms with van der Waals surface area (Å²) < 4.78 is 41.2. The standard InChI is InChI=1S/C19H17F2N3O6/c20-19(21)28-15-3-1-2-13(17(15)29-19)16-14(9-23-30-16)18(25)24-12(4-6-22)8-11-5-7-26-27-10-11/h1-3,5,7,9-10,12H,4,6,8,22H2,(H,24,25). The molecule has 0 bridgehead atoms. The van der Waals surface area contributed by atoms with Gasteiger partial charge in [0.2, 0.25) is 0 Å². The van der Waals surface area contributed by atoms with Crippen LogP contribution >= 0.6 is 0 Å². The van der Waals surface area contributed by atoms with Crippen LogP contribution < -0.4 is 20.5 Å². The topological polar surface area (TPSA) is 118 Å². The molecule has 0 radical (unpaired) electrons. The number of alkyl halides is 2. The summed E-state index contributed by atoms with van der Waals surface area (Å²) in [6, 6.07) is 3.94. The molecule has 2 aliphatic rings. The number of hydrogen-bond donors (Lipinski definition) is 2. The molecule has 0 aliphatic carbocycles. The molecule has 3 heterocycles. The second kappa shape index (κ2) is 8.03. The Morgan fingerprint density at radius 3 is 2.90 bits per heavy atom. The maximum Gasteiger partial charge on any atom is 0.586 e. The van der Waals surface area contributed by atoms with Gasteiger partial charge >= 0.3 is 6.29 Å². The maximum atomic E-state index is 13.5. The number of amides is 1. The highest BCUT2D eigenvalue weighted by Gasteiger charge is 2.45. The summed E-state index contributed by atoms with van der Waals surface area (Å²) in [5, 5.41) is 6.50. The lowest BCUT2D eigenvalue weighted by atomic mass is 10.0. The van der Waals surface area contributed by atoms with Gasteiger partial charge in [-0.3, -0.25) is 14.6 Å². The Morgan fingerprint density at radius 1 is 1.27 bits per heavy atom. The molecule has 2 aromatic rings. The van der Waals surface area contributed by atoms with Crippen LogP contribution in [0.25, 0.3) is 11.3 Å². The number of nitrogens with zero attached hydrogens (tertiary/aromatic N) is 1. The summed E-state index contributed by atoms with van der Waals surface area (Å²) in [6.07, 6.45) is 2.83. The van der Waals surface area contributed by atoms with Crippen molar-refractivity contribution in [2.75, 3.05) is 6.54 Å². The summed E-state index contributed by atoms with van der Waals surface area (Å²) in [4.78, 5) is 22.3. The van der Waals surface area contributed by atoms with Crippen LogP contribution in [0.3, 0.4) is 0 Å². The number of carbonyl (C=O) groups is 1. The van der Waals surface area contributed by atoms with Crippen LogP contribution in [0.5, 0.6) is 11.5 Å². The van der Waals surface area contributed by atoms with E-state index in [4.69, 9.17) is 15.1 Å². The number of para-hydroxylation sites is 1. The summed E-state index contributed by atoms with van der Waals surface area (Å²) in [5.74, 6) is -0.933. The van der Waals surface area contributed by atoms with Gasteiger partial charge in [-0.25, -0.2) is 0 Å². The van der Waals surface area contributed by atoms with Gasteiger partial charge < -0.3 is 25.0 Å². The summed E-state index contributed by atoms with van der Waals surface area (Å²) in [5.41, 5.74) is 6.62. The van der Waals surface area contributed by atoms with Crippen molar-refractivity contribution in [3.05, 3.63) is 54.1 Å². The van der Waals surface area contributed by atoms with Crippen molar-refractivity contribution in [2.45, 2.75) is 25.2 Å². The maximum absolute atomic E-state index is 13.5. The van der Waals surface area contributed by atoms with E-state index in [1.807, 2.05) is 0 Å². The van der Waals surface area contributed by atoms with Crippen LogP contribution in [-0.4, -0.2) is 29.9 Å². The quantitative estimate of drug-likeness (QED) is 0.656. The minimum absolute atomic E-state index is 0.0225. The Bertz CT molecular complexity index is 1000. The van der Waals surface area contributed by atoms with Crippen LogP contribution in [0.4, 0.5) is 8.78 Å². The van der Waals surface area contributed by atoms with E-state index < -0.39 is 12.2 Å². The smallest absolute Gasteiger partial charge is 0.395 e. The molecule has 11 heteroatoms. The Balaban J connectivity index is 1.56. The Kier molecular flexibility index (Phi) is 5.27. The van der Waals surface area contributed by atoms with Crippen molar-refractivity contribution >= 4 is 5.91 Å². The second-order valence-corrected chi connectivity index (χ2v) is 6.51. The molecule has 4 rings (SSSR count). The normalized spacial score (nSPS) is 17.0. The number of fused-ring (bicyclic) bond motifs is 1. The van der Waals surface area contributed by atoms with E-state index in [2.05, 4.69) is 24.8 Å². The lowest BCUT2D eigenvalue weighted by Crippen LogP contribution is -2.36. The summed E-state index contributed by atoms with van der Waals surface area (Å²) in [7, 11) is 0. The molecule has 0 saturated heterocycles. The van der Waals surface area contributed by atoms with E-state index >= 15 is 0 Å². The highest BCUT2D eigenvalue weighted by molar-refractivity contribution is 6.00. The van der Waals surface area contributed by atoms with Gasteiger partial charge in [0.05, 0.1) is 11.8 Å². The monoisotopic (exact) mass is 421 g/mol. The molecular weight excluding hydrogens is 404 g/mol. The van der Waals surface area contributed by atoms with Crippen molar-refractivity contribution in [2.24, 2.45) is 5.73 Å². The fraction of sp³-hybridized carbons (Fsp3) is 0.263. The van der Waals surface area contributed by atoms with Gasteiger partial charge in [-0.1, -0.05) is 11.2 Å². The average Bonchev–Trinajstić information content (AvgIpc) is 3.31. The molecule has 2 aliphatic heterocycles. The first-order chi connectivity index (χ1) is 14.5. The number of halogens is 2. The number of rotatable bonds is 7. The zero-order chi connectivity index (χ0) is 21.1. The summed E-state index contributed by atoms with van der Waals surface area (Å²) >= 11 is 0. The van der Waals surface area contributed by atoms with Gasteiger partial charge in [-0.15, -0.1) is 8.78 Å². The van der Waals surface area contributed by atoms with E-state index in [9.17, 15) is 13.6 Å². The molecular formula is C19H17F2N3O6. The van der Waals surface area contributed by atoms with Gasteiger partial charge in [0.1, 0.15) is 18.1 Å². The average molecular weight is 421 g/mol. The van der Waals surface area contributed by atoms with Crippen molar-refractivity contribution < 1.29 is 37.3 Å². The van der Waals surface area contributed by atoms with Crippen LogP contribution in [-0.2, 0) is 9.78 Å². The summed E-state index contributed by atoms with van der Waals surface area (Å²) in [6.45, 7) is 0.336. The van der Waals surface area contributed by atoms with Gasteiger partial charge in [0.25, 0.3) is 5.91 Å². The van der Waals surface area contributed by atoms with Crippen molar-refractivity contribution in [3.8, 4) is 22.8 Å². The minimum atomic E-state index is -3.81. The van der Waals surface area contributed by atoms with E-state index in [1.165, 1.54) is 36.9 Å². The third kappa shape index (κ3) is 4.06. The van der Waals surface area contributed by atoms with Crippen LogP contribution in [0.2, 0.25) is 0 Å². The SMILES string of the molecule is NCCC(CC1=COOC=C1)NC(=O)c1cnoc1-c1cccc2c1OC(F)(F)O2. The van der Waals surface area contributed by atoms with Crippen molar-refractivity contribution in [1.82, 2.24) is 10.5 Å². The van der Waals surface area contributed by atoms with E-state index in [0.717, 1.165) is 5.57 Å². The number of carbonyl (C=O) groups excluding carboxylic acids is 1. The number of nitrogens with one attached hydrogen (secondary N) is 1. The highest BCUT2D eigenvalue weighted by Crippen LogP contribution is 2.47. The largest absolute Gasteiger partial charge is 0.586 e. The predicted molar refractivity (Wildman–Crippen MR) is 97.1 cm³/mol. The second-order valence-electron chi connectivity index (χ2n) is 6.51. The van der Waals surface area contributed by atoms with E-state index in [-0.39, 0.29) is 34.4 Å². The Labute approximate surface area is 168 Å². The number of hydrogen-bond acceptors (Lipinski definition) is 8. The number of allylic oxidation sites excluding steroid dienone is 1. The first-order valence-electron chi connectivity index (χ1n) is 8.99. The fourth-order valence-electron chi connectivity index (χ4n) is 3.11. The predicted octanol–water partition coefficient (Wildman–Crippen LogP) is 2.86. The number of nitrogens with two attached hydrogens (primary N) is 1. The molecule has 1 aromatic heterocycles. The number of ether oxygens (including phenoxy) is 2. The third-order valence-corrected chi connectivity index (χ3v) is 4.41. The molecule has 1 unspecified atom stereocenters.